The van der Waals surface area contributed by atoms with Gasteiger partial charge in [-0.05, 0) is 55.7 Å². The molecule has 0 N–H and O–H groups in total. The first-order valence-electron chi connectivity index (χ1n) is 6.29. The van der Waals surface area contributed by atoms with Crippen LogP contribution < -0.4 is 0 Å². The maximum absolute atomic E-state index is 9.48. The summed E-state index contributed by atoms with van der Waals surface area (Å²) in [6.45, 7) is 2.29. The highest BCUT2D eigenvalue weighted by atomic mass is 79.9. The molecule has 0 radical (unpaired) electrons. The van der Waals surface area contributed by atoms with E-state index in [4.69, 9.17) is 0 Å². The van der Waals surface area contributed by atoms with Crippen molar-refractivity contribution in [2.24, 2.45) is 11.3 Å². The summed E-state index contributed by atoms with van der Waals surface area (Å²) in [5, 5.41) is 9.48. The second-order valence-electron chi connectivity index (χ2n) is 5.38. The van der Waals surface area contributed by atoms with Crippen LogP contribution in [0.4, 0.5) is 0 Å². The monoisotopic (exact) mass is 291 g/mol. The summed E-state index contributed by atoms with van der Waals surface area (Å²) in [7, 11) is 0. The molecule has 0 aromatic heterocycles. The van der Waals surface area contributed by atoms with E-state index in [-0.39, 0.29) is 5.41 Å². The van der Waals surface area contributed by atoms with Gasteiger partial charge in [-0.1, -0.05) is 35.0 Å². The molecule has 17 heavy (non-hydrogen) atoms. The topological polar surface area (TPSA) is 23.8 Å². The predicted octanol–water partition coefficient (Wildman–Crippen LogP) is 4.71. The SMILES string of the molecule is CC1CCC(C#N)(Cc2ccc(Br)cc2)CC1. The van der Waals surface area contributed by atoms with Gasteiger partial charge in [0.1, 0.15) is 0 Å². The van der Waals surface area contributed by atoms with E-state index in [0.717, 1.165) is 29.7 Å². The maximum atomic E-state index is 9.48. The van der Waals surface area contributed by atoms with E-state index in [0.29, 0.717) is 0 Å². The minimum absolute atomic E-state index is 0.111. The third kappa shape index (κ3) is 3.10. The van der Waals surface area contributed by atoms with Gasteiger partial charge in [0.2, 0.25) is 0 Å². The first kappa shape index (κ1) is 12.6. The van der Waals surface area contributed by atoms with Gasteiger partial charge in [-0.15, -0.1) is 0 Å². The number of benzene rings is 1. The zero-order valence-corrected chi connectivity index (χ0v) is 11.8. The van der Waals surface area contributed by atoms with Gasteiger partial charge in [0, 0.05) is 4.47 Å². The lowest BCUT2D eigenvalue weighted by molar-refractivity contribution is 0.219. The maximum Gasteiger partial charge on any atom is 0.0693 e. The van der Waals surface area contributed by atoms with E-state index in [1.54, 1.807) is 0 Å². The van der Waals surface area contributed by atoms with Crippen LogP contribution in [-0.2, 0) is 6.42 Å². The van der Waals surface area contributed by atoms with E-state index in [2.05, 4.69) is 53.2 Å². The van der Waals surface area contributed by atoms with Crippen LogP contribution >= 0.6 is 15.9 Å². The smallest absolute Gasteiger partial charge is 0.0693 e. The number of rotatable bonds is 2. The number of nitriles is 1. The standard InChI is InChI=1S/C15H18BrN/c1-12-6-8-15(11-17,9-7-12)10-13-2-4-14(16)5-3-13/h2-5,12H,6-10H2,1H3. The number of nitrogens with zero attached hydrogens (tertiary/aromatic N) is 1. The van der Waals surface area contributed by atoms with Crippen molar-refractivity contribution < 1.29 is 0 Å². The highest BCUT2D eigenvalue weighted by Crippen LogP contribution is 2.40. The molecule has 2 rings (SSSR count). The Bertz CT molecular complexity index is 408. The second-order valence-corrected chi connectivity index (χ2v) is 6.29. The van der Waals surface area contributed by atoms with Crippen LogP contribution in [0.5, 0.6) is 0 Å². The lowest BCUT2D eigenvalue weighted by Gasteiger charge is -2.33. The highest BCUT2D eigenvalue weighted by Gasteiger charge is 2.34. The first-order chi connectivity index (χ1) is 8.13. The summed E-state index contributed by atoms with van der Waals surface area (Å²) in [5.41, 5.74) is 1.17. The van der Waals surface area contributed by atoms with Crippen molar-refractivity contribution in [2.75, 3.05) is 0 Å². The molecule has 0 spiro atoms. The average Bonchev–Trinajstić information content (AvgIpc) is 2.35. The molecular weight excluding hydrogens is 274 g/mol. The minimum atomic E-state index is -0.111. The molecule has 0 bridgehead atoms. The van der Waals surface area contributed by atoms with Crippen LogP contribution in [0, 0.1) is 22.7 Å². The van der Waals surface area contributed by atoms with Crippen LogP contribution in [0.2, 0.25) is 0 Å². The van der Waals surface area contributed by atoms with Gasteiger partial charge < -0.3 is 0 Å². The van der Waals surface area contributed by atoms with Gasteiger partial charge in [-0.2, -0.15) is 5.26 Å². The summed E-state index contributed by atoms with van der Waals surface area (Å²) in [4.78, 5) is 0. The summed E-state index contributed by atoms with van der Waals surface area (Å²) >= 11 is 3.44. The fourth-order valence-corrected chi connectivity index (χ4v) is 2.90. The fraction of sp³-hybridized carbons (Fsp3) is 0.533. The van der Waals surface area contributed by atoms with Crippen molar-refractivity contribution in [3.63, 3.8) is 0 Å². The van der Waals surface area contributed by atoms with Crippen molar-refractivity contribution >= 4 is 15.9 Å². The normalized spacial score (nSPS) is 28.6. The fourth-order valence-electron chi connectivity index (χ4n) is 2.64. The second kappa shape index (κ2) is 5.23. The Hall–Kier alpha value is -0.810. The number of hydrogen-bond donors (Lipinski definition) is 0. The highest BCUT2D eigenvalue weighted by molar-refractivity contribution is 9.10. The summed E-state index contributed by atoms with van der Waals surface area (Å²) in [5.74, 6) is 0.793. The molecule has 1 fully saturated rings. The summed E-state index contributed by atoms with van der Waals surface area (Å²) < 4.78 is 1.10. The average molecular weight is 292 g/mol. The van der Waals surface area contributed by atoms with Gasteiger partial charge in [-0.25, -0.2) is 0 Å². The number of halogens is 1. The Morgan fingerprint density at radius 1 is 1.29 bits per heavy atom. The summed E-state index contributed by atoms with van der Waals surface area (Å²) in [6.07, 6.45) is 5.42. The van der Waals surface area contributed by atoms with Crippen molar-refractivity contribution in [3.05, 3.63) is 34.3 Å². The molecular formula is C15H18BrN. The van der Waals surface area contributed by atoms with Gasteiger partial charge >= 0.3 is 0 Å². The molecule has 1 nitrogen and oxygen atoms in total. The van der Waals surface area contributed by atoms with Crippen molar-refractivity contribution in [1.82, 2.24) is 0 Å². The Kier molecular flexibility index (Phi) is 3.89. The first-order valence-corrected chi connectivity index (χ1v) is 7.09. The summed E-state index contributed by atoms with van der Waals surface area (Å²) in [6, 6.07) is 11.0. The molecule has 1 aliphatic rings. The Morgan fingerprint density at radius 2 is 1.88 bits per heavy atom. The quantitative estimate of drug-likeness (QED) is 0.774. The van der Waals surface area contributed by atoms with E-state index >= 15 is 0 Å². The molecule has 1 aliphatic carbocycles. The lowest BCUT2D eigenvalue weighted by atomic mass is 9.69. The molecule has 1 aromatic rings. The third-order valence-corrected chi connectivity index (χ3v) is 4.45. The van der Waals surface area contributed by atoms with Crippen molar-refractivity contribution in [1.29, 1.82) is 5.26 Å². The van der Waals surface area contributed by atoms with Crippen LogP contribution in [0.25, 0.3) is 0 Å². The molecule has 2 heteroatoms. The molecule has 90 valence electrons. The molecule has 0 atom stereocenters. The predicted molar refractivity (Wildman–Crippen MR) is 73.5 cm³/mol. The van der Waals surface area contributed by atoms with Crippen LogP contribution in [0.1, 0.15) is 38.2 Å². The molecule has 0 amide bonds. The van der Waals surface area contributed by atoms with Crippen LogP contribution in [0.3, 0.4) is 0 Å². The third-order valence-electron chi connectivity index (χ3n) is 3.92. The Labute approximate surface area is 112 Å². The van der Waals surface area contributed by atoms with Crippen LogP contribution in [-0.4, -0.2) is 0 Å². The molecule has 1 saturated carbocycles. The van der Waals surface area contributed by atoms with Crippen LogP contribution in [0.15, 0.2) is 28.7 Å². The lowest BCUT2D eigenvalue weighted by Crippen LogP contribution is -2.27. The molecule has 0 heterocycles. The minimum Gasteiger partial charge on any atom is -0.198 e. The van der Waals surface area contributed by atoms with E-state index in [1.807, 2.05) is 0 Å². The van der Waals surface area contributed by atoms with Gasteiger partial charge in [0.25, 0.3) is 0 Å². The van der Waals surface area contributed by atoms with E-state index in [1.165, 1.54) is 18.4 Å². The van der Waals surface area contributed by atoms with Crippen molar-refractivity contribution in [3.8, 4) is 6.07 Å². The molecule has 1 aromatic carbocycles. The largest absolute Gasteiger partial charge is 0.198 e. The number of hydrogen-bond acceptors (Lipinski definition) is 1. The molecule has 0 unspecified atom stereocenters. The van der Waals surface area contributed by atoms with E-state index < -0.39 is 0 Å². The molecule has 0 aliphatic heterocycles. The van der Waals surface area contributed by atoms with E-state index in [9.17, 15) is 5.26 Å². The van der Waals surface area contributed by atoms with Gasteiger partial charge in [0.05, 0.1) is 11.5 Å². The van der Waals surface area contributed by atoms with Crippen molar-refractivity contribution in [2.45, 2.75) is 39.0 Å². The zero-order valence-electron chi connectivity index (χ0n) is 10.2. The Balaban J connectivity index is 2.10. The van der Waals surface area contributed by atoms with Gasteiger partial charge in [-0.3, -0.25) is 0 Å². The van der Waals surface area contributed by atoms with Gasteiger partial charge in [0.15, 0.2) is 0 Å². The zero-order chi connectivity index (χ0) is 12.3. The Morgan fingerprint density at radius 3 is 2.41 bits per heavy atom. The molecule has 0 saturated heterocycles.